The van der Waals surface area contributed by atoms with Crippen LogP contribution in [0.4, 0.5) is 5.69 Å². The first-order chi connectivity index (χ1) is 10.5. The van der Waals surface area contributed by atoms with E-state index in [0.717, 1.165) is 10.6 Å². The lowest BCUT2D eigenvalue weighted by atomic mass is 9.96. The molecule has 128 valence electrons. The molecular weight excluding hydrogens is 336 g/mol. The smallest absolute Gasteiger partial charge is 0.306 e. The van der Waals surface area contributed by atoms with E-state index in [2.05, 4.69) is 10.2 Å². The second kappa shape index (κ2) is 9.15. The third kappa shape index (κ3) is 5.12. The van der Waals surface area contributed by atoms with Crippen molar-refractivity contribution in [2.24, 2.45) is 5.92 Å². The molecule has 1 saturated heterocycles. The molecule has 0 spiro atoms. The van der Waals surface area contributed by atoms with Gasteiger partial charge in [0.2, 0.25) is 5.91 Å². The van der Waals surface area contributed by atoms with E-state index < -0.39 is 5.97 Å². The summed E-state index contributed by atoms with van der Waals surface area (Å²) in [4.78, 5) is 26.5. The zero-order valence-corrected chi connectivity index (χ0v) is 15.0. The van der Waals surface area contributed by atoms with Gasteiger partial charge in [-0.2, -0.15) is 0 Å². The first kappa shape index (κ1) is 19.8. The Hall–Kier alpha value is -1.24. The summed E-state index contributed by atoms with van der Waals surface area (Å²) in [6.07, 6.45) is 3.19. The van der Waals surface area contributed by atoms with Crippen LogP contribution in [0.5, 0.6) is 0 Å². The fraction of sp³-hybridized carbons (Fsp3) is 0.500. The zero-order valence-electron chi connectivity index (χ0n) is 13.3. The number of carboxylic acids is 1. The van der Waals surface area contributed by atoms with Gasteiger partial charge in [0.25, 0.3) is 0 Å². The van der Waals surface area contributed by atoms with Gasteiger partial charge in [-0.15, -0.1) is 24.2 Å². The van der Waals surface area contributed by atoms with Gasteiger partial charge in [0.1, 0.15) is 0 Å². The molecule has 1 unspecified atom stereocenters. The Kier molecular flexibility index (Phi) is 7.88. The van der Waals surface area contributed by atoms with Crippen LogP contribution in [0.1, 0.15) is 19.8 Å². The van der Waals surface area contributed by atoms with Crippen LogP contribution in [0.15, 0.2) is 29.2 Å². The van der Waals surface area contributed by atoms with E-state index in [4.69, 9.17) is 5.11 Å². The Bertz CT molecular complexity index is 548. The Morgan fingerprint density at radius 1 is 1.30 bits per heavy atom. The quantitative estimate of drug-likeness (QED) is 0.792. The minimum atomic E-state index is -0.731. The molecule has 1 aromatic carbocycles. The average molecular weight is 359 g/mol. The van der Waals surface area contributed by atoms with Gasteiger partial charge in [-0.05, 0) is 51.2 Å². The molecular formula is C16H23ClN2O3S. The second-order valence-corrected chi connectivity index (χ2v) is 6.36. The molecule has 7 heteroatoms. The Morgan fingerprint density at radius 3 is 2.48 bits per heavy atom. The molecule has 1 heterocycles. The van der Waals surface area contributed by atoms with Gasteiger partial charge in [-0.3, -0.25) is 14.5 Å². The molecule has 1 atom stereocenters. The standard InChI is InChI=1S/C16H22N2O3S.ClH/c1-11(18-9-7-12(8-10-18)16(20)21)15(19)17-13-5-3-4-6-14(13)22-2;/h3-6,11-12H,7-10H2,1-2H3,(H,17,19)(H,20,21);1H. The van der Waals surface area contributed by atoms with E-state index in [0.29, 0.717) is 25.9 Å². The molecule has 0 saturated carbocycles. The molecule has 2 N–H and O–H groups in total. The summed E-state index contributed by atoms with van der Waals surface area (Å²) >= 11 is 1.59. The van der Waals surface area contributed by atoms with Gasteiger partial charge in [0.15, 0.2) is 0 Å². The Balaban J connectivity index is 0.00000264. The van der Waals surface area contributed by atoms with E-state index in [1.165, 1.54) is 0 Å². The van der Waals surface area contributed by atoms with Crippen LogP contribution < -0.4 is 5.32 Å². The van der Waals surface area contributed by atoms with Gasteiger partial charge < -0.3 is 10.4 Å². The molecule has 23 heavy (non-hydrogen) atoms. The molecule has 1 aromatic rings. The van der Waals surface area contributed by atoms with Crippen molar-refractivity contribution < 1.29 is 14.7 Å². The summed E-state index contributed by atoms with van der Waals surface area (Å²) in [6, 6.07) is 7.46. The summed E-state index contributed by atoms with van der Waals surface area (Å²) in [6.45, 7) is 3.17. The first-order valence-corrected chi connectivity index (χ1v) is 8.66. The van der Waals surface area contributed by atoms with Gasteiger partial charge in [-0.25, -0.2) is 0 Å². The van der Waals surface area contributed by atoms with Crippen molar-refractivity contribution in [1.29, 1.82) is 0 Å². The average Bonchev–Trinajstić information content (AvgIpc) is 2.54. The van der Waals surface area contributed by atoms with Crippen LogP contribution in [0, 0.1) is 5.92 Å². The minimum absolute atomic E-state index is 0. The zero-order chi connectivity index (χ0) is 16.1. The summed E-state index contributed by atoms with van der Waals surface area (Å²) in [7, 11) is 0. The van der Waals surface area contributed by atoms with Crippen molar-refractivity contribution >= 4 is 41.7 Å². The van der Waals surface area contributed by atoms with Crippen molar-refractivity contribution in [2.75, 3.05) is 24.7 Å². The van der Waals surface area contributed by atoms with Crippen LogP contribution in [-0.4, -0.2) is 47.3 Å². The number of carboxylic acid groups (broad SMARTS) is 1. The van der Waals surface area contributed by atoms with E-state index in [1.54, 1.807) is 11.8 Å². The third-order valence-corrected chi connectivity index (χ3v) is 4.97. The van der Waals surface area contributed by atoms with Gasteiger partial charge in [-0.1, -0.05) is 12.1 Å². The molecule has 0 aromatic heterocycles. The lowest BCUT2D eigenvalue weighted by Gasteiger charge is -2.33. The highest BCUT2D eigenvalue weighted by Gasteiger charge is 2.29. The fourth-order valence-electron chi connectivity index (χ4n) is 2.68. The molecule has 0 radical (unpaired) electrons. The number of aliphatic carboxylic acids is 1. The fourth-order valence-corrected chi connectivity index (χ4v) is 3.24. The van der Waals surface area contributed by atoms with E-state index in [9.17, 15) is 9.59 Å². The number of anilines is 1. The highest BCUT2D eigenvalue weighted by molar-refractivity contribution is 7.98. The summed E-state index contributed by atoms with van der Waals surface area (Å²) in [5.41, 5.74) is 0.826. The number of carbonyl (C=O) groups excluding carboxylic acids is 1. The number of piperidine rings is 1. The molecule has 1 amide bonds. The number of para-hydroxylation sites is 1. The predicted molar refractivity (Wildman–Crippen MR) is 95.5 cm³/mol. The topological polar surface area (TPSA) is 69.6 Å². The van der Waals surface area contributed by atoms with Crippen LogP contribution in [0.3, 0.4) is 0 Å². The predicted octanol–water partition coefficient (Wildman–Crippen LogP) is 2.95. The van der Waals surface area contributed by atoms with Crippen molar-refractivity contribution in [1.82, 2.24) is 4.90 Å². The van der Waals surface area contributed by atoms with Gasteiger partial charge in [0, 0.05) is 4.90 Å². The van der Waals surface area contributed by atoms with Crippen LogP contribution in [0.2, 0.25) is 0 Å². The molecule has 1 aliphatic rings. The number of nitrogens with zero attached hydrogens (tertiary/aromatic N) is 1. The molecule has 1 aliphatic heterocycles. The van der Waals surface area contributed by atoms with Crippen LogP contribution >= 0.6 is 24.2 Å². The number of halogens is 1. The van der Waals surface area contributed by atoms with Crippen LogP contribution in [-0.2, 0) is 9.59 Å². The number of hydrogen-bond acceptors (Lipinski definition) is 4. The largest absolute Gasteiger partial charge is 0.481 e. The number of thioether (sulfide) groups is 1. The maximum Gasteiger partial charge on any atom is 0.306 e. The number of carbonyl (C=O) groups is 2. The van der Waals surface area contributed by atoms with Crippen LogP contribution in [0.25, 0.3) is 0 Å². The Labute approximate surface area is 147 Å². The monoisotopic (exact) mass is 358 g/mol. The lowest BCUT2D eigenvalue weighted by Crippen LogP contribution is -2.47. The molecule has 0 aliphatic carbocycles. The van der Waals surface area contributed by atoms with Gasteiger partial charge >= 0.3 is 5.97 Å². The number of benzene rings is 1. The number of likely N-dealkylation sites (tertiary alicyclic amines) is 1. The van der Waals surface area contributed by atoms with Crippen molar-refractivity contribution in [3.63, 3.8) is 0 Å². The second-order valence-electron chi connectivity index (χ2n) is 5.51. The summed E-state index contributed by atoms with van der Waals surface area (Å²) in [5.74, 6) is -1.05. The van der Waals surface area contributed by atoms with E-state index >= 15 is 0 Å². The summed E-state index contributed by atoms with van der Waals surface area (Å²) in [5, 5.41) is 12.0. The highest BCUT2D eigenvalue weighted by atomic mass is 35.5. The van der Waals surface area contributed by atoms with Crippen molar-refractivity contribution in [3.05, 3.63) is 24.3 Å². The molecule has 1 fully saturated rings. The maximum atomic E-state index is 12.4. The first-order valence-electron chi connectivity index (χ1n) is 7.43. The van der Waals surface area contributed by atoms with Gasteiger partial charge in [0.05, 0.1) is 17.6 Å². The Morgan fingerprint density at radius 2 is 1.91 bits per heavy atom. The number of nitrogens with one attached hydrogen (secondary N) is 1. The normalized spacial score (nSPS) is 17.1. The number of amides is 1. The van der Waals surface area contributed by atoms with E-state index in [1.807, 2.05) is 37.4 Å². The van der Waals surface area contributed by atoms with E-state index in [-0.39, 0.29) is 30.3 Å². The molecule has 2 rings (SSSR count). The SMILES string of the molecule is CSc1ccccc1NC(=O)C(C)N1CCC(C(=O)O)CC1.Cl. The van der Waals surface area contributed by atoms with Crippen molar-refractivity contribution in [2.45, 2.75) is 30.7 Å². The third-order valence-electron chi connectivity index (χ3n) is 4.17. The number of hydrogen-bond donors (Lipinski definition) is 2. The maximum absolute atomic E-state index is 12.4. The molecule has 0 bridgehead atoms. The summed E-state index contributed by atoms with van der Waals surface area (Å²) < 4.78 is 0. The minimum Gasteiger partial charge on any atom is -0.481 e. The highest BCUT2D eigenvalue weighted by Crippen LogP contribution is 2.25. The lowest BCUT2D eigenvalue weighted by molar-refractivity contribution is -0.143. The molecule has 5 nitrogen and oxygen atoms in total. The van der Waals surface area contributed by atoms with Crippen molar-refractivity contribution in [3.8, 4) is 0 Å². The number of rotatable bonds is 5.